The Bertz CT molecular complexity index is 3320. The van der Waals surface area contributed by atoms with Crippen molar-refractivity contribution in [3.05, 3.63) is 298 Å². The second kappa shape index (κ2) is 14.9. The maximum atomic E-state index is 2.68. The minimum atomic E-state index is -0.534. The number of allylic oxidation sites excluding steroid dienone is 3. The van der Waals surface area contributed by atoms with Gasteiger partial charge in [0.05, 0.1) is 22.2 Å². The summed E-state index contributed by atoms with van der Waals surface area (Å²) < 4.78 is 0. The fourth-order valence-electron chi connectivity index (χ4n) is 12.8. The maximum absolute atomic E-state index is 2.68. The predicted molar refractivity (Wildman–Crippen MR) is 273 cm³/mol. The Labute approximate surface area is 388 Å². The molecule has 0 bridgehead atoms. The molecule has 0 amide bonds. The zero-order valence-electron chi connectivity index (χ0n) is 37.3. The van der Waals surface area contributed by atoms with Crippen molar-refractivity contribution in [2.24, 2.45) is 5.92 Å². The van der Waals surface area contributed by atoms with Gasteiger partial charge in [-0.15, -0.1) is 0 Å². The van der Waals surface area contributed by atoms with Crippen LogP contribution in [0.4, 0.5) is 11.4 Å². The Hall–Kier alpha value is -7.74. The van der Waals surface area contributed by atoms with Crippen LogP contribution in [-0.2, 0) is 10.8 Å². The summed E-state index contributed by atoms with van der Waals surface area (Å²) in [6.07, 6.45) is 6.00. The molecule has 0 saturated carbocycles. The van der Waals surface area contributed by atoms with E-state index in [1.807, 2.05) is 0 Å². The first-order chi connectivity index (χ1) is 32.6. The van der Waals surface area contributed by atoms with E-state index in [1.165, 1.54) is 106 Å². The number of hydrogen-bond donors (Lipinski definition) is 0. The lowest BCUT2D eigenvalue weighted by Crippen LogP contribution is -2.30. The van der Waals surface area contributed by atoms with Crippen LogP contribution in [0.5, 0.6) is 0 Å². The third-order valence-electron chi connectivity index (χ3n) is 15.3. The van der Waals surface area contributed by atoms with E-state index >= 15 is 0 Å². The minimum Gasteiger partial charge on any atom is -0.310 e. The highest BCUT2D eigenvalue weighted by Crippen LogP contribution is 2.66. The third-order valence-corrected chi connectivity index (χ3v) is 15.3. The van der Waals surface area contributed by atoms with Gasteiger partial charge in [0.25, 0.3) is 0 Å². The molecule has 9 aromatic carbocycles. The highest BCUT2D eigenvalue weighted by Gasteiger charge is 2.54. The van der Waals surface area contributed by atoms with Crippen molar-refractivity contribution in [3.63, 3.8) is 0 Å². The van der Waals surface area contributed by atoms with Gasteiger partial charge in [0.15, 0.2) is 0 Å². The van der Waals surface area contributed by atoms with Gasteiger partial charge in [0.2, 0.25) is 0 Å². The first-order valence-corrected chi connectivity index (χ1v) is 23.7. The molecule has 0 aromatic heterocycles. The highest BCUT2D eigenvalue weighted by atomic mass is 15.2. The minimum absolute atomic E-state index is 0.300. The van der Waals surface area contributed by atoms with E-state index in [1.54, 1.807) is 0 Å². The molecule has 13 rings (SSSR count). The Morgan fingerprint density at radius 3 is 1.42 bits per heavy atom. The molecule has 0 fully saturated rings. The summed E-state index contributed by atoms with van der Waals surface area (Å²) in [5, 5.41) is 0. The first-order valence-electron chi connectivity index (χ1n) is 23.7. The van der Waals surface area contributed by atoms with Crippen molar-refractivity contribution in [1.29, 1.82) is 0 Å². The van der Waals surface area contributed by atoms with E-state index in [-0.39, 0.29) is 0 Å². The molecule has 1 atom stereocenters. The smallest absolute Gasteiger partial charge is 0.0746 e. The second-order valence-corrected chi connectivity index (χ2v) is 18.8. The van der Waals surface area contributed by atoms with Crippen LogP contribution < -0.4 is 4.90 Å². The van der Waals surface area contributed by atoms with Crippen LogP contribution in [0, 0.1) is 5.92 Å². The van der Waals surface area contributed by atoms with Crippen molar-refractivity contribution in [3.8, 4) is 33.4 Å². The highest BCUT2D eigenvalue weighted by molar-refractivity contribution is 6.02. The van der Waals surface area contributed by atoms with Crippen LogP contribution in [0.25, 0.3) is 33.4 Å². The summed E-state index contributed by atoms with van der Waals surface area (Å²) in [5.41, 5.74) is 23.7. The molecule has 9 aromatic rings. The summed E-state index contributed by atoms with van der Waals surface area (Å²) >= 11 is 0. The summed E-state index contributed by atoms with van der Waals surface area (Å²) in [4.78, 5) is 2.68. The average Bonchev–Trinajstić information content (AvgIpc) is 3.98. The van der Waals surface area contributed by atoms with E-state index in [0.29, 0.717) is 11.8 Å². The van der Waals surface area contributed by atoms with Crippen LogP contribution in [0.15, 0.2) is 248 Å². The largest absolute Gasteiger partial charge is 0.310 e. The zero-order chi connectivity index (χ0) is 44.0. The van der Waals surface area contributed by atoms with Crippen LogP contribution in [0.2, 0.25) is 0 Å². The van der Waals surface area contributed by atoms with E-state index in [0.717, 1.165) is 6.42 Å². The van der Waals surface area contributed by atoms with E-state index in [4.69, 9.17) is 0 Å². The van der Waals surface area contributed by atoms with Crippen molar-refractivity contribution in [1.82, 2.24) is 0 Å². The second-order valence-electron chi connectivity index (χ2n) is 18.8. The van der Waals surface area contributed by atoms with Crippen molar-refractivity contribution in [2.45, 2.75) is 37.0 Å². The molecule has 314 valence electrons. The van der Waals surface area contributed by atoms with Gasteiger partial charge in [-0.3, -0.25) is 0 Å². The summed E-state index contributed by atoms with van der Waals surface area (Å²) in [5.74, 6) is 0.644. The molecule has 0 heterocycles. The topological polar surface area (TPSA) is 3.24 Å². The van der Waals surface area contributed by atoms with E-state index in [2.05, 4.69) is 255 Å². The Kier molecular flexibility index (Phi) is 8.74. The van der Waals surface area contributed by atoms with Gasteiger partial charge >= 0.3 is 0 Å². The van der Waals surface area contributed by atoms with Gasteiger partial charge in [-0.1, -0.05) is 238 Å². The number of benzene rings is 9. The fraction of sp³-hybridized carbons (Fsp3) is 0.108. The Balaban J connectivity index is 1.15. The first kappa shape index (κ1) is 38.7. The van der Waals surface area contributed by atoms with Crippen LogP contribution in [0.1, 0.15) is 76.3 Å². The SMILES string of the molecule is CC(C)C1=CC(N(c2cccc3c2-c2ccccc2C3(c2ccccc2)c2ccccc2)c2cccc3c2C2(c4ccccc4-c4ccccc42)c2ccccc2-3)=CCC1c1ccccc1. The monoisotopic (exact) mass is 843 g/mol. The van der Waals surface area contributed by atoms with Crippen LogP contribution >= 0.6 is 0 Å². The van der Waals surface area contributed by atoms with Gasteiger partial charge in [-0.05, 0) is 103 Å². The molecule has 0 N–H and O–H groups in total. The fourth-order valence-corrected chi connectivity index (χ4v) is 12.8. The molecule has 1 nitrogen and oxygen atoms in total. The molecule has 1 unspecified atom stereocenters. The molecule has 1 spiro atoms. The van der Waals surface area contributed by atoms with Crippen LogP contribution in [-0.4, -0.2) is 0 Å². The van der Waals surface area contributed by atoms with Crippen molar-refractivity contribution in [2.75, 3.05) is 4.90 Å². The molecule has 1 heteroatoms. The number of hydrogen-bond acceptors (Lipinski definition) is 1. The third kappa shape index (κ3) is 5.23. The van der Waals surface area contributed by atoms with Gasteiger partial charge in [0.1, 0.15) is 0 Å². The van der Waals surface area contributed by atoms with Gasteiger partial charge in [-0.2, -0.15) is 0 Å². The molecule has 0 saturated heterocycles. The Morgan fingerprint density at radius 2 is 0.848 bits per heavy atom. The summed E-state index contributed by atoms with van der Waals surface area (Å²) in [6, 6.07) is 84.6. The lowest BCUT2D eigenvalue weighted by molar-refractivity contribution is 0.643. The lowest BCUT2D eigenvalue weighted by Gasteiger charge is -2.39. The molecule has 4 aliphatic carbocycles. The molecular weight excluding hydrogens is 795 g/mol. The number of fused-ring (bicyclic) bond motifs is 13. The zero-order valence-corrected chi connectivity index (χ0v) is 37.3. The van der Waals surface area contributed by atoms with Crippen molar-refractivity contribution >= 4 is 11.4 Å². The normalized spacial score (nSPS) is 16.4. The average molecular weight is 844 g/mol. The molecular formula is C65H49N. The molecule has 0 aliphatic heterocycles. The standard InChI is InChI=1S/C65H49N/c1-43(2)54-42-47(40-41-48(54)44-22-6-3-7-23-44)66(60-38-21-37-59-62(60)53-31-15-19-36-58(53)64(59,45-24-8-4-9-25-45)46-26-10-5-11-27-46)61-39-20-32-52-51-30-14-18-35-57(51)65(63(52)61)55-33-16-12-28-49(55)50-29-13-17-34-56(50)65/h3-40,42-43,48H,41H2,1-2H3. The number of nitrogens with zero attached hydrogens (tertiary/aromatic N) is 1. The van der Waals surface area contributed by atoms with Crippen LogP contribution in [0.3, 0.4) is 0 Å². The van der Waals surface area contributed by atoms with Gasteiger partial charge in [0, 0.05) is 22.7 Å². The summed E-state index contributed by atoms with van der Waals surface area (Å²) in [7, 11) is 0. The quantitative estimate of drug-likeness (QED) is 0.154. The molecule has 66 heavy (non-hydrogen) atoms. The molecule has 4 aliphatic rings. The maximum Gasteiger partial charge on any atom is 0.0746 e. The summed E-state index contributed by atoms with van der Waals surface area (Å²) in [6.45, 7) is 4.75. The lowest BCUT2D eigenvalue weighted by atomic mass is 9.67. The van der Waals surface area contributed by atoms with Gasteiger partial charge < -0.3 is 4.90 Å². The number of rotatable bonds is 7. The molecule has 0 radical (unpaired) electrons. The van der Waals surface area contributed by atoms with Crippen molar-refractivity contribution < 1.29 is 0 Å². The van der Waals surface area contributed by atoms with E-state index in [9.17, 15) is 0 Å². The van der Waals surface area contributed by atoms with E-state index < -0.39 is 10.8 Å². The number of anilines is 2. The Morgan fingerprint density at radius 1 is 0.409 bits per heavy atom. The van der Waals surface area contributed by atoms with Gasteiger partial charge in [-0.25, -0.2) is 0 Å². The predicted octanol–water partition coefficient (Wildman–Crippen LogP) is 16.2.